The van der Waals surface area contributed by atoms with E-state index < -0.39 is 0 Å². The average Bonchev–Trinajstić information content (AvgIpc) is 2.49. The Kier molecular flexibility index (Phi) is 4.09. The SMILES string of the molecule is CNCC1Cc2ccccc2CN1Cc1ccccn1. The van der Waals surface area contributed by atoms with E-state index in [9.17, 15) is 0 Å². The monoisotopic (exact) mass is 267 g/mol. The molecule has 2 heterocycles. The lowest BCUT2D eigenvalue weighted by atomic mass is 9.93. The first-order chi connectivity index (χ1) is 9.86. The summed E-state index contributed by atoms with van der Waals surface area (Å²) in [5.74, 6) is 0. The Hall–Kier alpha value is -1.71. The van der Waals surface area contributed by atoms with Crippen LogP contribution in [-0.2, 0) is 19.5 Å². The normalized spacial score (nSPS) is 18.8. The van der Waals surface area contributed by atoms with Crippen LogP contribution < -0.4 is 5.32 Å². The first kappa shape index (κ1) is 13.3. The molecule has 0 spiro atoms. The summed E-state index contributed by atoms with van der Waals surface area (Å²) in [5, 5.41) is 3.32. The van der Waals surface area contributed by atoms with Gasteiger partial charge in [0.1, 0.15) is 0 Å². The molecule has 3 rings (SSSR count). The number of aromatic nitrogens is 1. The lowest BCUT2D eigenvalue weighted by Gasteiger charge is -2.36. The number of pyridine rings is 1. The van der Waals surface area contributed by atoms with E-state index in [0.717, 1.165) is 31.7 Å². The number of nitrogens with zero attached hydrogens (tertiary/aromatic N) is 2. The number of benzene rings is 1. The van der Waals surface area contributed by atoms with Crippen molar-refractivity contribution in [2.24, 2.45) is 0 Å². The third-order valence-electron chi connectivity index (χ3n) is 3.99. The van der Waals surface area contributed by atoms with Crippen molar-refractivity contribution in [3.8, 4) is 0 Å². The van der Waals surface area contributed by atoms with Crippen molar-refractivity contribution in [2.75, 3.05) is 13.6 Å². The maximum Gasteiger partial charge on any atom is 0.0544 e. The summed E-state index contributed by atoms with van der Waals surface area (Å²) in [7, 11) is 2.03. The van der Waals surface area contributed by atoms with Crippen LogP contribution in [0.15, 0.2) is 48.7 Å². The Bertz CT molecular complexity index is 553. The molecule has 0 saturated carbocycles. The highest BCUT2D eigenvalue weighted by Gasteiger charge is 2.25. The van der Waals surface area contributed by atoms with Crippen molar-refractivity contribution >= 4 is 0 Å². The van der Waals surface area contributed by atoms with Gasteiger partial charge in [0.25, 0.3) is 0 Å². The van der Waals surface area contributed by atoms with Gasteiger partial charge >= 0.3 is 0 Å². The first-order valence-corrected chi connectivity index (χ1v) is 7.22. The van der Waals surface area contributed by atoms with Crippen molar-refractivity contribution < 1.29 is 0 Å². The molecule has 1 atom stereocenters. The second-order valence-electron chi connectivity index (χ2n) is 5.41. The summed E-state index contributed by atoms with van der Waals surface area (Å²) < 4.78 is 0. The van der Waals surface area contributed by atoms with Crippen molar-refractivity contribution in [1.82, 2.24) is 15.2 Å². The summed E-state index contributed by atoms with van der Waals surface area (Å²) >= 11 is 0. The zero-order chi connectivity index (χ0) is 13.8. The topological polar surface area (TPSA) is 28.2 Å². The Morgan fingerprint density at radius 1 is 1.15 bits per heavy atom. The minimum absolute atomic E-state index is 0.539. The largest absolute Gasteiger partial charge is 0.318 e. The third-order valence-corrected chi connectivity index (χ3v) is 3.99. The number of rotatable bonds is 4. The molecular formula is C17H21N3. The van der Waals surface area contributed by atoms with Gasteiger partial charge in [-0.15, -0.1) is 0 Å². The number of nitrogens with one attached hydrogen (secondary N) is 1. The van der Waals surface area contributed by atoms with Crippen LogP contribution in [0.5, 0.6) is 0 Å². The van der Waals surface area contributed by atoms with Gasteiger partial charge in [-0.25, -0.2) is 0 Å². The summed E-state index contributed by atoms with van der Waals surface area (Å²) in [5.41, 5.74) is 4.09. The van der Waals surface area contributed by atoms with E-state index >= 15 is 0 Å². The molecule has 0 radical (unpaired) electrons. The Balaban J connectivity index is 1.81. The lowest BCUT2D eigenvalue weighted by Crippen LogP contribution is -2.45. The summed E-state index contributed by atoms with van der Waals surface area (Å²) in [6.07, 6.45) is 2.99. The molecule has 20 heavy (non-hydrogen) atoms. The predicted molar refractivity (Wildman–Crippen MR) is 81.3 cm³/mol. The third kappa shape index (κ3) is 2.89. The van der Waals surface area contributed by atoms with E-state index in [1.54, 1.807) is 0 Å². The minimum Gasteiger partial charge on any atom is -0.318 e. The molecule has 0 fully saturated rings. The van der Waals surface area contributed by atoms with E-state index in [1.807, 2.05) is 19.3 Å². The van der Waals surface area contributed by atoms with Crippen LogP contribution in [0.1, 0.15) is 16.8 Å². The Morgan fingerprint density at radius 3 is 2.70 bits per heavy atom. The Labute approximate surface area is 120 Å². The van der Waals surface area contributed by atoms with Gasteiger partial charge in [0.2, 0.25) is 0 Å². The predicted octanol–water partition coefficient (Wildman–Crippen LogP) is 2.23. The second-order valence-corrected chi connectivity index (χ2v) is 5.41. The molecule has 1 unspecified atom stereocenters. The summed E-state index contributed by atoms with van der Waals surface area (Å²) in [6.45, 7) is 2.95. The maximum absolute atomic E-state index is 4.46. The molecule has 1 aliphatic rings. The number of fused-ring (bicyclic) bond motifs is 1. The van der Waals surface area contributed by atoms with Crippen molar-refractivity contribution in [3.63, 3.8) is 0 Å². The maximum atomic E-state index is 4.46. The summed E-state index contributed by atoms with van der Waals surface area (Å²) in [6, 6.07) is 15.5. The van der Waals surface area contributed by atoms with Crippen LogP contribution in [0, 0.1) is 0 Å². The molecular weight excluding hydrogens is 246 g/mol. The fourth-order valence-electron chi connectivity index (χ4n) is 2.96. The van der Waals surface area contributed by atoms with Gasteiger partial charge < -0.3 is 5.32 Å². The highest BCUT2D eigenvalue weighted by molar-refractivity contribution is 5.30. The van der Waals surface area contributed by atoms with Crippen molar-refractivity contribution in [1.29, 1.82) is 0 Å². The lowest BCUT2D eigenvalue weighted by molar-refractivity contribution is 0.159. The number of hydrogen-bond donors (Lipinski definition) is 1. The zero-order valence-electron chi connectivity index (χ0n) is 11.9. The van der Waals surface area contributed by atoms with Crippen molar-refractivity contribution in [3.05, 3.63) is 65.5 Å². The van der Waals surface area contributed by atoms with Crippen LogP contribution in [-0.4, -0.2) is 29.5 Å². The molecule has 104 valence electrons. The van der Waals surface area contributed by atoms with Gasteiger partial charge in [-0.05, 0) is 36.7 Å². The second kappa shape index (κ2) is 6.16. The van der Waals surface area contributed by atoms with E-state index in [4.69, 9.17) is 0 Å². The van der Waals surface area contributed by atoms with E-state index in [0.29, 0.717) is 6.04 Å². The number of likely N-dealkylation sites (N-methyl/N-ethyl adjacent to an activating group) is 1. The van der Waals surface area contributed by atoms with Crippen LogP contribution in [0.25, 0.3) is 0 Å². The molecule has 0 aliphatic carbocycles. The van der Waals surface area contributed by atoms with Gasteiger partial charge in [0.15, 0.2) is 0 Å². The van der Waals surface area contributed by atoms with E-state index in [-0.39, 0.29) is 0 Å². The standard InChI is InChI=1S/C17H21N3/c1-18-11-17-10-14-6-2-3-7-15(14)12-20(17)13-16-8-4-5-9-19-16/h2-9,17-18H,10-13H2,1H3. The van der Waals surface area contributed by atoms with Crippen LogP contribution in [0.2, 0.25) is 0 Å². The molecule has 1 aromatic heterocycles. The van der Waals surface area contributed by atoms with Gasteiger partial charge in [-0.1, -0.05) is 30.3 Å². The van der Waals surface area contributed by atoms with Gasteiger partial charge in [-0.2, -0.15) is 0 Å². The average molecular weight is 267 g/mol. The first-order valence-electron chi connectivity index (χ1n) is 7.22. The van der Waals surface area contributed by atoms with E-state index in [1.165, 1.54) is 11.1 Å². The van der Waals surface area contributed by atoms with Gasteiger partial charge in [0.05, 0.1) is 5.69 Å². The van der Waals surface area contributed by atoms with Gasteiger partial charge in [-0.3, -0.25) is 9.88 Å². The summed E-state index contributed by atoms with van der Waals surface area (Å²) in [4.78, 5) is 6.99. The molecule has 1 aliphatic heterocycles. The van der Waals surface area contributed by atoms with Crippen LogP contribution in [0.4, 0.5) is 0 Å². The fraction of sp³-hybridized carbons (Fsp3) is 0.353. The highest BCUT2D eigenvalue weighted by atomic mass is 15.2. The van der Waals surface area contributed by atoms with Crippen LogP contribution in [0.3, 0.4) is 0 Å². The molecule has 3 heteroatoms. The van der Waals surface area contributed by atoms with E-state index in [2.05, 4.69) is 51.6 Å². The Morgan fingerprint density at radius 2 is 1.95 bits per heavy atom. The van der Waals surface area contributed by atoms with Crippen LogP contribution >= 0.6 is 0 Å². The molecule has 2 aromatic rings. The number of hydrogen-bond acceptors (Lipinski definition) is 3. The molecule has 1 aromatic carbocycles. The molecule has 3 nitrogen and oxygen atoms in total. The quantitative estimate of drug-likeness (QED) is 0.920. The zero-order valence-corrected chi connectivity index (χ0v) is 11.9. The molecule has 0 saturated heterocycles. The molecule has 0 bridgehead atoms. The van der Waals surface area contributed by atoms with Gasteiger partial charge in [0, 0.05) is 31.9 Å². The minimum atomic E-state index is 0.539. The van der Waals surface area contributed by atoms with Crippen molar-refractivity contribution in [2.45, 2.75) is 25.6 Å². The highest BCUT2D eigenvalue weighted by Crippen LogP contribution is 2.24. The molecule has 0 amide bonds. The fourth-order valence-corrected chi connectivity index (χ4v) is 2.96. The molecule has 1 N–H and O–H groups in total. The smallest absolute Gasteiger partial charge is 0.0544 e.